The molecule has 0 aliphatic carbocycles. The van der Waals surface area contributed by atoms with Crippen LogP contribution >= 0.6 is 11.6 Å². The molecule has 1 unspecified atom stereocenters. The van der Waals surface area contributed by atoms with Gasteiger partial charge in [-0.05, 0) is 12.1 Å². The number of fused-ring (bicyclic) bond motifs is 1. The van der Waals surface area contributed by atoms with Crippen molar-refractivity contribution in [2.45, 2.75) is 6.10 Å². The highest BCUT2D eigenvalue weighted by Crippen LogP contribution is 2.31. The van der Waals surface area contributed by atoms with E-state index in [0.29, 0.717) is 18.1 Å². The first-order valence-electron chi connectivity index (χ1n) is 6.95. The van der Waals surface area contributed by atoms with Crippen LogP contribution in [0.25, 0.3) is 0 Å². The lowest BCUT2D eigenvalue weighted by atomic mass is 9.98. The molecule has 0 saturated carbocycles. The number of likely N-dealkylation sites (N-methyl/N-ethyl adjacent to an activating group) is 1. The lowest BCUT2D eigenvalue weighted by Crippen LogP contribution is -2.34. The first-order valence-corrected chi connectivity index (χ1v) is 7.32. The first kappa shape index (κ1) is 14.1. The van der Waals surface area contributed by atoms with Crippen molar-refractivity contribution in [3.8, 4) is 0 Å². The molecule has 2 aromatic rings. The Hall–Kier alpha value is -1.84. The van der Waals surface area contributed by atoms with Crippen LogP contribution < -0.4 is 4.90 Å². The minimum atomic E-state index is -0.485. The Kier molecular flexibility index (Phi) is 3.95. The second-order valence-corrected chi connectivity index (χ2v) is 5.63. The first-order chi connectivity index (χ1) is 10.2. The Balaban J connectivity index is 2.22. The average molecular weight is 301 g/mol. The van der Waals surface area contributed by atoms with Crippen molar-refractivity contribution in [2.75, 3.05) is 25.0 Å². The molecule has 0 amide bonds. The molecule has 21 heavy (non-hydrogen) atoms. The molecule has 2 aromatic carbocycles. The highest BCUT2D eigenvalue weighted by molar-refractivity contribution is 6.36. The molecule has 108 valence electrons. The molecule has 0 spiro atoms. The van der Waals surface area contributed by atoms with Crippen LogP contribution in [-0.2, 0) is 0 Å². The number of anilines is 1. The van der Waals surface area contributed by atoms with E-state index in [9.17, 15) is 5.11 Å². The maximum absolute atomic E-state index is 10.1. The van der Waals surface area contributed by atoms with Crippen LogP contribution in [-0.4, -0.2) is 37.1 Å². The van der Waals surface area contributed by atoms with Gasteiger partial charge in [-0.25, -0.2) is 0 Å². The molecule has 0 saturated heterocycles. The van der Waals surface area contributed by atoms with Gasteiger partial charge in [-0.1, -0.05) is 48.0 Å². The molecule has 0 fully saturated rings. The topological polar surface area (TPSA) is 35.8 Å². The summed E-state index contributed by atoms with van der Waals surface area (Å²) in [5.41, 5.74) is 3.76. The lowest BCUT2D eigenvalue weighted by molar-refractivity contribution is 0.190. The maximum Gasteiger partial charge on any atom is 0.0909 e. The molecule has 1 aliphatic rings. The number of benzene rings is 2. The fourth-order valence-electron chi connectivity index (χ4n) is 2.64. The smallest absolute Gasteiger partial charge is 0.0909 e. The maximum atomic E-state index is 10.1. The third-order valence-electron chi connectivity index (χ3n) is 3.63. The third kappa shape index (κ3) is 2.80. The van der Waals surface area contributed by atoms with Gasteiger partial charge in [-0.3, -0.25) is 4.99 Å². The zero-order chi connectivity index (χ0) is 14.8. The number of nitrogens with zero attached hydrogens (tertiary/aromatic N) is 2. The van der Waals surface area contributed by atoms with Crippen LogP contribution in [0.2, 0.25) is 5.02 Å². The van der Waals surface area contributed by atoms with E-state index in [2.05, 4.69) is 4.99 Å². The van der Waals surface area contributed by atoms with Gasteiger partial charge >= 0.3 is 0 Å². The van der Waals surface area contributed by atoms with E-state index in [-0.39, 0.29) is 0 Å². The number of aliphatic imine (C=N–C) groups is 1. The fraction of sp³-hybridized carbons (Fsp3) is 0.235. The number of hydrogen-bond donors (Lipinski definition) is 1. The van der Waals surface area contributed by atoms with Gasteiger partial charge in [-0.2, -0.15) is 0 Å². The number of hydrogen-bond acceptors (Lipinski definition) is 3. The van der Waals surface area contributed by atoms with E-state index < -0.39 is 6.10 Å². The molecule has 1 heterocycles. The second-order valence-electron chi connectivity index (χ2n) is 5.22. The molecule has 1 atom stereocenters. The van der Waals surface area contributed by atoms with Gasteiger partial charge in [0.25, 0.3) is 0 Å². The molecule has 1 N–H and O–H groups in total. The van der Waals surface area contributed by atoms with E-state index in [4.69, 9.17) is 11.6 Å². The van der Waals surface area contributed by atoms with Crippen LogP contribution in [0.15, 0.2) is 53.5 Å². The molecule has 3 rings (SSSR count). The summed E-state index contributed by atoms with van der Waals surface area (Å²) in [6.45, 7) is 0.915. The van der Waals surface area contributed by atoms with E-state index in [1.165, 1.54) is 0 Å². The fourth-order valence-corrected chi connectivity index (χ4v) is 2.90. The van der Waals surface area contributed by atoms with Gasteiger partial charge in [0.2, 0.25) is 0 Å². The van der Waals surface area contributed by atoms with Gasteiger partial charge < -0.3 is 10.0 Å². The van der Waals surface area contributed by atoms with Gasteiger partial charge in [0.05, 0.1) is 23.4 Å². The molecular formula is C17H17ClN2O. The van der Waals surface area contributed by atoms with Gasteiger partial charge in [0.1, 0.15) is 0 Å². The van der Waals surface area contributed by atoms with Crippen molar-refractivity contribution >= 4 is 23.0 Å². The van der Waals surface area contributed by atoms with Crippen molar-refractivity contribution < 1.29 is 5.11 Å². The predicted molar refractivity (Wildman–Crippen MR) is 87.7 cm³/mol. The molecule has 0 radical (unpaired) electrons. The molecule has 0 aromatic heterocycles. The van der Waals surface area contributed by atoms with Crippen molar-refractivity contribution in [2.24, 2.45) is 4.99 Å². The van der Waals surface area contributed by atoms with Crippen molar-refractivity contribution in [1.29, 1.82) is 0 Å². The Morgan fingerprint density at radius 2 is 1.90 bits per heavy atom. The van der Waals surface area contributed by atoms with E-state index >= 15 is 0 Å². The molecule has 1 aliphatic heterocycles. The summed E-state index contributed by atoms with van der Waals surface area (Å²) in [6.07, 6.45) is -0.485. The number of rotatable bonds is 1. The van der Waals surface area contributed by atoms with E-state index in [1.807, 2.05) is 60.5 Å². The summed E-state index contributed by atoms with van der Waals surface area (Å²) in [4.78, 5) is 6.66. The van der Waals surface area contributed by atoms with Crippen LogP contribution in [0.5, 0.6) is 0 Å². The minimum Gasteiger partial charge on any atom is -0.389 e. The standard InChI is InChI=1S/C17H17ClN2O/c1-20-11-13(21)10-19-17(12-6-3-2-4-7-12)16-14(18)8-5-9-15(16)20/h2-9,13,21H,10-11H2,1H3. The number of β-amino-alcohol motifs (C(OH)–C–C–N with tert-alkyl or cyclic N) is 1. The highest BCUT2D eigenvalue weighted by atomic mass is 35.5. The Morgan fingerprint density at radius 3 is 2.67 bits per heavy atom. The van der Waals surface area contributed by atoms with Crippen molar-refractivity contribution in [3.63, 3.8) is 0 Å². The highest BCUT2D eigenvalue weighted by Gasteiger charge is 2.22. The van der Waals surface area contributed by atoms with E-state index in [0.717, 1.165) is 22.5 Å². The largest absolute Gasteiger partial charge is 0.389 e. The minimum absolute atomic E-state index is 0.374. The SMILES string of the molecule is CN1CC(O)CN=C(c2ccccc2)c2c(Cl)cccc21. The van der Waals surface area contributed by atoms with Crippen LogP contribution in [0.4, 0.5) is 5.69 Å². The summed E-state index contributed by atoms with van der Waals surface area (Å²) >= 11 is 6.44. The van der Waals surface area contributed by atoms with Gasteiger partial charge in [-0.15, -0.1) is 0 Å². The molecular weight excluding hydrogens is 284 g/mol. The Morgan fingerprint density at radius 1 is 1.14 bits per heavy atom. The summed E-state index contributed by atoms with van der Waals surface area (Å²) in [5, 5.41) is 10.7. The van der Waals surface area contributed by atoms with Crippen LogP contribution in [0, 0.1) is 0 Å². The van der Waals surface area contributed by atoms with E-state index in [1.54, 1.807) is 0 Å². The number of aliphatic hydroxyl groups excluding tert-OH is 1. The quantitative estimate of drug-likeness (QED) is 0.879. The van der Waals surface area contributed by atoms with Gasteiger partial charge in [0, 0.05) is 30.4 Å². The Labute approximate surface area is 129 Å². The monoisotopic (exact) mass is 300 g/mol. The zero-order valence-electron chi connectivity index (χ0n) is 11.8. The summed E-state index contributed by atoms with van der Waals surface area (Å²) < 4.78 is 0. The molecule has 0 bridgehead atoms. The average Bonchev–Trinajstić information content (AvgIpc) is 2.48. The molecule has 4 heteroatoms. The predicted octanol–water partition coefficient (Wildman–Crippen LogP) is 2.99. The summed E-state index contributed by atoms with van der Waals surface area (Å²) in [6, 6.07) is 15.8. The lowest BCUT2D eigenvalue weighted by Gasteiger charge is -2.28. The number of halogens is 1. The van der Waals surface area contributed by atoms with Crippen molar-refractivity contribution in [1.82, 2.24) is 0 Å². The molecule has 3 nitrogen and oxygen atoms in total. The second kappa shape index (κ2) is 5.88. The van der Waals surface area contributed by atoms with Crippen LogP contribution in [0.3, 0.4) is 0 Å². The van der Waals surface area contributed by atoms with Crippen molar-refractivity contribution in [3.05, 3.63) is 64.7 Å². The van der Waals surface area contributed by atoms with Gasteiger partial charge in [0.15, 0.2) is 0 Å². The zero-order valence-corrected chi connectivity index (χ0v) is 12.6. The summed E-state index contributed by atoms with van der Waals surface area (Å²) in [7, 11) is 1.96. The normalized spacial score (nSPS) is 18.5. The third-order valence-corrected chi connectivity index (χ3v) is 3.95. The Bertz CT molecular complexity index is 670. The summed E-state index contributed by atoms with van der Waals surface area (Å²) in [5.74, 6) is 0. The van der Waals surface area contributed by atoms with Crippen LogP contribution in [0.1, 0.15) is 11.1 Å². The number of aliphatic hydroxyl groups is 1.